The number of amides is 1. The quantitative estimate of drug-likeness (QED) is 0.816. The Morgan fingerprint density at radius 3 is 2.18 bits per heavy atom. The summed E-state index contributed by atoms with van der Waals surface area (Å²) >= 11 is 0. The number of carbonyl (C=O) groups is 1. The molecule has 2 aromatic carbocycles. The Balaban J connectivity index is 1.61. The molecule has 3 rings (SSSR count). The third kappa shape index (κ3) is 3.29. The molecule has 1 aliphatic heterocycles. The predicted molar refractivity (Wildman–Crippen MR) is 78.8 cm³/mol. The van der Waals surface area contributed by atoms with E-state index in [1.54, 1.807) is 12.1 Å². The van der Waals surface area contributed by atoms with Gasteiger partial charge in [0.15, 0.2) is 0 Å². The monoisotopic (exact) mass is 303 g/mol. The number of benzene rings is 2. The molecule has 0 radical (unpaired) electrons. The van der Waals surface area contributed by atoms with Crippen LogP contribution in [0.15, 0.2) is 48.5 Å². The maximum atomic E-state index is 12.9. The Kier molecular flexibility index (Phi) is 4.13. The van der Waals surface area contributed by atoms with Crippen molar-refractivity contribution in [1.29, 1.82) is 0 Å². The molecule has 6 heteroatoms. The lowest BCUT2D eigenvalue weighted by atomic mass is 10.0. The molecule has 0 aromatic heterocycles. The molecule has 22 heavy (non-hydrogen) atoms. The molecule has 1 saturated heterocycles. The molecule has 1 aliphatic rings. The largest absolute Gasteiger partial charge is 0.325 e. The maximum absolute atomic E-state index is 12.9. The smallest absolute Gasteiger partial charge is 0.242 e. The highest BCUT2D eigenvalue weighted by molar-refractivity contribution is 5.95. The molecule has 114 valence electrons. The first-order valence-electron chi connectivity index (χ1n) is 6.95. The topological polar surface area (TPSA) is 53.2 Å². The number of hydrogen-bond acceptors (Lipinski definition) is 3. The van der Waals surface area contributed by atoms with Crippen molar-refractivity contribution in [2.24, 2.45) is 0 Å². The van der Waals surface area contributed by atoms with E-state index in [-0.39, 0.29) is 23.6 Å². The fourth-order valence-electron chi connectivity index (χ4n) is 2.40. The van der Waals surface area contributed by atoms with E-state index in [0.29, 0.717) is 12.1 Å². The van der Waals surface area contributed by atoms with Gasteiger partial charge in [0.2, 0.25) is 5.91 Å². The fourth-order valence-corrected chi connectivity index (χ4v) is 2.40. The van der Waals surface area contributed by atoms with Crippen LogP contribution >= 0.6 is 0 Å². The van der Waals surface area contributed by atoms with Crippen LogP contribution in [0.25, 0.3) is 0 Å². The van der Waals surface area contributed by atoms with Crippen molar-refractivity contribution < 1.29 is 13.6 Å². The number of nitrogens with one attached hydrogen (secondary N) is 3. The molecule has 1 fully saturated rings. The highest BCUT2D eigenvalue weighted by atomic mass is 19.1. The summed E-state index contributed by atoms with van der Waals surface area (Å²) in [6.45, 7) is 0. The van der Waals surface area contributed by atoms with Gasteiger partial charge in [-0.1, -0.05) is 12.1 Å². The van der Waals surface area contributed by atoms with Gasteiger partial charge in [0, 0.05) is 11.7 Å². The van der Waals surface area contributed by atoms with Crippen LogP contribution in [-0.4, -0.2) is 11.9 Å². The molecule has 1 heterocycles. The Bertz CT molecular complexity index is 658. The van der Waals surface area contributed by atoms with E-state index in [9.17, 15) is 13.6 Å². The van der Waals surface area contributed by atoms with Gasteiger partial charge in [-0.3, -0.25) is 4.79 Å². The van der Waals surface area contributed by atoms with Crippen molar-refractivity contribution in [2.45, 2.75) is 18.5 Å². The van der Waals surface area contributed by atoms with Gasteiger partial charge < -0.3 is 5.32 Å². The zero-order valence-electron chi connectivity index (χ0n) is 11.6. The summed E-state index contributed by atoms with van der Waals surface area (Å²) in [4.78, 5) is 12.2. The Morgan fingerprint density at radius 1 is 0.955 bits per heavy atom. The third-order valence-electron chi connectivity index (χ3n) is 3.60. The van der Waals surface area contributed by atoms with Crippen molar-refractivity contribution in [3.05, 3.63) is 65.7 Å². The normalized spacial score (nSPS) is 20.8. The van der Waals surface area contributed by atoms with Crippen LogP contribution in [0.4, 0.5) is 14.5 Å². The molecule has 0 aliphatic carbocycles. The van der Waals surface area contributed by atoms with Gasteiger partial charge in [-0.05, 0) is 48.4 Å². The molecule has 4 nitrogen and oxygen atoms in total. The van der Waals surface area contributed by atoms with Crippen LogP contribution in [0, 0.1) is 11.6 Å². The number of anilines is 1. The summed E-state index contributed by atoms with van der Waals surface area (Å²) in [5.74, 6) is -0.848. The van der Waals surface area contributed by atoms with Crippen LogP contribution < -0.4 is 16.2 Å². The van der Waals surface area contributed by atoms with E-state index in [1.165, 1.54) is 36.4 Å². The molecular weight excluding hydrogens is 288 g/mol. The number of carbonyl (C=O) groups excluding carboxylic acids is 1. The van der Waals surface area contributed by atoms with Crippen LogP contribution in [0.5, 0.6) is 0 Å². The minimum Gasteiger partial charge on any atom is -0.325 e. The highest BCUT2D eigenvalue weighted by Crippen LogP contribution is 2.23. The summed E-state index contributed by atoms with van der Waals surface area (Å²) in [7, 11) is 0. The number of hydrogen-bond donors (Lipinski definition) is 3. The number of hydrazine groups is 1. The molecule has 3 N–H and O–H groups in total. The lowest BCUT2D eigenvalue weighted by Gasteiger charge is -2.10. The van der Waals surface area contributed by atoms with Gasteiger partial charge in [-0.2, -0.15) is 0 Å². The van der Waals surface area contributed by atoms with Crippen LogP contribution in [0.3, 0.4) is 0 Å². The first-order chi connectivity index (χ1) is 10.6. The summed E-state index contributed by atoms with van der Waals surface area (Å²) in [5, 5.41) is 2.72. The van der Waals surface area contributed by atoms with Crippen molar-refractivity contribution >= 4 is 11.6 Å². The van der Waals surface area contributed by atoms with E-state index >= 15 is 0 Å². The van der Waals surface area contributed by atoms with E-state index in [2.05, 4.69) is 16.2 Å². The van der Waals surface area contributed by atoms with E-state index in [1.807, 2.05) is 0 Å². The van der Waals surface area contributed by atoms with Gasteiger partial charge in [0.25, 0.3) is 0 Å². The Labute approximate surface area is 126 Å². The maximum Gasteiger partial charge on any atom is 0.242 e. The van der Waals surface area contributed by atoms with Crippen molar-refractivity contribution in [1.82, 2.24) is 10.9 Å². The van der Waals surface area contributed by atoms with Gasteiger partial charge in [-0.25, -0.2) is 19.6 Å². The molecule has 2 atom stereocenters. The molecule has 2 aromatic rings. The zero-order valence-corrected chi connectivity index (χ0v) is 11.6. The fraction of sp³-hybridized carbons (Fsp3) is 0.188. The average molecular weight is 303 g/mol. The van der Waals surface area contributed by atoms with Gasteiger partial charge in [0.05, 0.1) is 0 Å². The molecule has 0 saturated carbocycles. The second kappa shape index (κ2) is 6.21. The van der Waals surface area contributed by atoms with Gasteiger partial charge >= 0.3 is 0 Å². The highest BCUT2D eigenvalue weighted by Gasteiger charge is 2.30. The minimum absolute atomic E-state index is 0.0652. The first kappa shape index (κ1) is 14.6. The van der Waals surface area contributed by atoms with E-state index in [0.717, 1.165) is 5.56 Å². The van der Waals surface area contributed by atoms with Crippen LogP contribution in [0.1, 0.15) is 18.0 Å². The first-order valence-corrected chi connectivity index (χ1v) is 6.95. The van der Waals surface area contributed by atoms with Crippen LogP contribution in [-0.2, 0) is 4.79 Å². The molecule has 1 amide bonds. The standard InChI is InChI=1S/C16H15F2N3O/c17-11-3-1-10(2-4-11)14-9-15(21-20-14)16(22)19-13-7-5-12(18)6-8-13/h1-8,14-15,20-21H,9H2,(H,19,22). The van der Waals surface area contributed by atoms with Gasteiger partial charge in [-0.15, -0.1) is 0 Å². The Hall–Kier alpha value is -2.31. The summed E-state index contributed by atoms with van der Waals surface area (Å²) < 4.78 is 25.8. The second-order valence-electron chi connectivity index (χ2n) is 5.18. The van der Waals surface area contributed by atoms with Gasteiger partial charge in [0.1, 0.15) is 17.7 Å². The molecule has 2 unspecified atom stereocenters. The van der Waals surface area contributed by atoms with Crippen molar-refractivity contribution in [3.8, 4) is 0 Å². The predicted octanol–water partition coefficient (Wildman–Crippen LogP) is 2.51. The lowest BCUT2D eigenvalue weighted by molar-refractivity contribution is -0.117. The summed E-state index contributed by atoms with van der Waals surface area (Å²) in [6, 6.07) is 11.3. The number of halogens is 2. The molecule has 0 bridgehead atoms. The van der Waals surface area contributed by atoms with E-state index in [4.69, 9.17) is 0 Å². The average Bonchev–Trinajstić information content (AvgIpc) is 3.00. The number of rotatable bonds is 3. The SMILES string of the molecule is O=C(Nc1ccc(F)cc1)C1CC(c2ccc(F)cc2)NN1. The van der Waals surface area contributed by atoms with Crippen LogP contribution in [0.2, 0.25) is 0 Å². The van der Waals surface area contributed by atoms with Crippen molar-refractivity contribution in [2.75, 3.05) is 5.32 Å². The van der Waals surface area contributed by atoms with Crippen molar-refractivity contribution in [3.63, 3.8) is 0 Å². The lowest BCUT2D eigenvalue weighted by Crippen LogP contribution is -2.39. The summed E-state index contributed by atoms with van der Waals surface area (Å²) in [5.41, 5.74) is 7.39. The third-order valence-corrected chi connectivity index (χ3v) is 3.60. The Morgan fingerprint density at radius 2 is 1.55 bits per heavy atom. The molecule has 0 spiro atoms. The van der Waals surface area contributed by atoms with E-state index < -0.39 is 6.04 Å². The molecular formula is C16H15F2N3O. The summed E-state index contributed by atoms with van der Waals surface area (Å²) in [6.07, 6.45) is 0.540. The second-order valence-corrected chi connectivity index (χ2v) is 5.18. The minimum atomic E-state index is -0.417. The zero-order chi connectivity index (χ0) is 15.5.